The van der Waals surface area contributed by atoms with Crippen molar-refractivity contribution in [3.8, 4) is 0 Å². The van der Waals surface area contributed by atoms with Crippen molar-refractivity contribution in [2.45, 2.75) is 46.6 Å². The number of hydrogen-bond donors (Lipinski definition) is 1. The number of anilines is 1. The van der Waals surface area contributed by atoms with E-state index in [1.54, 1.807) is 0 Å². The van der Waals surface area contributed by atoms with Crippen LogP contribution < -0.4 is 10.2 Å². The van der Waals surface area contributed by atoms with Crippen LogP contribution >= 0.6 is 0 Å². The zero-order valence-electron chi connectivity index (χ0n) is 12.2. The molecule has 1 heterocycles. The number of nitrogens with one attached hydrogen (secondary N) is 1. The van der Waals surface area contributed by atoms with Crippen molar-refractivity contribution >= 4 is 5.82 Å². The molecule has 18 heavy (non-hydrogen) atoms. The molecule has 0 saturated carbocycles. The summed E-state index contributed by atoms with van der Waals surface area (Å²) in [6, 6.07) is 4.72. The number of aromatic nitrogens is 1. The maximum absolute atomic E-state index is 4.52. The molecule has 1 unspecified atom stereocenters. The van der Waals surface area contributed by atoms with E-state index in [1.165, 1.54) is 5.56 Å². The molecule has 0 radical (unpaired) electrons. The molecule has 102 valence electrons. The quantitative estimate of drug-likeness (QED) is 0.765. The summed E-state index contributed by atoms with van der Waals surface area (Å²) in [4.78, 5) is 6.89. The molecule has 0 spiro atoms. The fraction of sp³-hybridized carbons (Fsp3) is 0.667. The van der Waals surface area contributed by atoms with E-state index in [4.69, 9.17) is 0 Å². The van der Waals surface area contributed by atoms with E-state index < -0.39 is 0 Å². The summed E-state index contributed by atoms with van der Waals surface area (Å²) in [6.07, 6.45) is 4.25. The van der Waals surface area contributed by atoms with Gasteiger partial charge in [0.05, 0.1) is 0 Å². The Morgan fingerprint density at radius 3 is 2.44 bits per heavy atom. The van der Waals surface area contributed by atoms with Gasteiger partial charge in [-0.25, -0.2) is 4.98 Å². The monoisotopic (exact) mass is 249 g/mol. The smallest absolute Gasteiger partial charge is 0.128 e. The molecule has 0 aromatic carbocycles. The molecule has 1 rings (SSSR count). The number of pyridine rings is 1. The Morgan fingerprint density at radius 1 is 1.22 bits per heavy atom. The van der Waals surface area contributed by atoms with Gasteiger partial charge >= 0.3 is 0 Å². The highest BCUT2D eigenvalue weighted by Gasteiger charge is 2.09. The van der Waals surface area contributed by atoms with Crippen LogP contribution in [0.4, 0.5) is 5.82 Å². The van der Waals surface area contributed by atoms with Gasteiger partial charge in [0.2, 0.25) is 0 Å². The highest BCUT2D eigenvalue weighted by molar-refractivity contribution is 5.41. The fourth-order valence-electron chi connectivity index (χ4n) is 2.18. The lowest BCUT2D eigenvalue weighted by Gasteiger charge is -2.24. The predicted octanol–water partition coefficient (Wildman–Crippen LogP) is 3.38. The molecule has 0 fully saturated rings. The lowest BCUT2D eigenvalue weighted by molar-refractivity contribution is 0.597. The highest BCUT2D eigenvalue weighted by atomic mass is 15.2. The normalized spacial score (nSPS) is 12.4. The van der Waals surface area contributed by atoms with Crippen molar-refractivity contribution < 1.29 is 0 Å². The maximum Gasteiger partial charge on any atom is 0.128 e. The molecule has 0 aliphatic rings. The first kappa shape index (κ1) is 15.0. The van der Waals surface area contributed by atoms with E-state index in [9.17, 15) is 0 Å². The Morgan fingerprint density at radius 2 is 1.89 bits per heavy atom. The Kier molecular flexibility index (Phi) is 6.73. The minimum atomic E-state index is 0.391. The molecular weight excluding hydrogens is 222 g/mol. The largest absolute Gasteiger partial charge is 0.357 e. The Labute approximate surface area is 112 Å². The van der Waals surface area contributed by atoms with Gasteiger partial charge in [-0.15, -0.1) is 0 Å². The van der Waals surface area contributed by atoms with Crippen LogP contribution in [0.1, 0.15) is 52.1 Å². The summed E-state index contributed by atoms with van der Waals surface area (Å²) in [6.45, 7) is 11.9. The van der Waals surface area contributed by atoms with Crippen LogP contribution in [-0.2, 0) is 0 Å². The Balaban J connectivity index is 2.84. The summed E-state index contributed by atoms with van der Waals surface area (Å²) in [7, 11) is 0. The summed E-state index contributed by atoms with van der Waals surface area (Å²) in [5.41, 5.74) is 1.32. The lowest BCUT2D eigenvalue weighted by atomic mass is 10.1. The third-order valence-electron chi connectivity index (χ3n) is 3.09. The van der Waals surface area contributed by atoms with Gasteiger partial charge in [0.25, 0.3) is 0 Å². The first-order valence-corrected chi connectivity index (χ1v) is 7.17. The Hall–Kier alpha value is -1.09. The standard InChI is InChI=1S/C15H27N3/c1-5-10-18(11-6-2)15-12-14(8-9-17-15)13(4)16-7-3/h8-9,12-13,16H,5-7,10-11H2,1-4H3. The van der Waals surface area contributed by atoms with E-state index >= 15 is 0 Å². The minimum absolute atomic E-state index is 0.391. The average molecular weight is 249 g/mol. The molecular formula is C15H27N3. The summed E-state index contributed by atoms with van der Waals surface area (Å²) < 4.78 is 0. The van der Waals surface area contributed by atoms with Gasteiger partial charge < -0.3 is 10.2 Å². The first-order chi connectivity index (χ1) is 8.72. The third kappa shape index (κ3) is 4.30. The number of rotatable bonds is 8. The molecule has 0 aliphatic heterocycles. The first-order valence-electron chi connectivity index (χ1n) is 7.17. The molecule has 0 amide bonds. The second-order valence-corrected chi connectivity index (χ2v) is 4.71. The molecule has 0 saturated heterocycles. The summed E-state index contributed by atoms with van der Waals surface area (Å²) in [5.74, 6) is 1.11. The van der Waals surface area contributed by atoms with Crippen LogP contribution in [0.5, 0.6) is 0 Å². The van der Waals surface area contributed by atoms with Crippen molar-refractivity contribution in [1.82, 2.24) is 10.3 Å². The van der Waals surface area contributed by atoms with E-state index in [0.717, 1.165) is 38.3 Å². The highest BCUT2D eigenvalue weighted by Crippen LogP contribution is 2.18. The Bertz CT molecular complexity index is 332. The van der Waals surface area contributed by atoms with Crippen molar-refractivity contribution in [2.75, 3.05) is 24.5 Å². The molecule has 0 aliphatic carbocycles. The minimum Gasteiger partial charge on any atom is -0.357 e. The van der Waals surface area contributed by atoms with Crippen molar-refractivity contribution in [3.63, 3.8) is 0 Å². The number of nitrogens with zero attached hydrogens (tertiary/aromatic N) is 2. The van der Waals surface area contributed by atoms with Crippen molar-refractivity contribution in [1.29, 1.82) is 0 Å². The van der Waals surface area contributed by atoms with Crippen LogP contribution in [0.3, 0.4) is 0 Å². The van der Waals surface area contributed by atoms with Crippen molar-refractivity contribution in [2.24, 2.45) is 0 Å². The lowest BCUT2D eigenvalue weighted by Crippen LogP contribution is -2.26. The van der Waals surface area contributed by atoms with Gasteiger partial charge in [-0.2, -0.15) is 0 Å². The topological polar surface area (TPSA) is 28.2 Å². The molecule has 1 aromatic rings. The zero-order valence-corrected chi connectivity index (χ0v) is 12.2. The van der Waals surface area contributed by atoms with Crippen LogP contribution in [0.2, 0.25) is 0 Å². The average Bonchev–Trinajstić information content (AvgIpc) is 2.39. The van der Waals surface area contributed by atoms with Gasteiger partial charge in [0.1, 0.15) is 5.82 Å². The zero-order chi connectivity index (χ0) is 13.4. The number of hydrogen-bond acceptors (Lipinski definition) is 3. The molecule has 1 aromatic heterocycles. The molecule has 3 nitrogen and oxygen atoms in total. The summed E-state index contributed by atoms with van der Waals surface area (Å²) >= 11 is 0. The van der Waals surface area contributed by atoms with Crippen molar-refractivity contribution in [3.05, 3.63) is 23.9 Å². The van der Waals surface area contributed by atoms with Crippen LogP contribution in [-0.4, -0.2) is 24.6 Å². The predicted molar refractivity (Wildman–Crippen MR) is 79.1 cm³/mol. The van der Waals surface area contributed by atoms with Gasteiger partial charge in [-0.05, 0) is 44.0 Å². The summed E-state index contributed by atoms with van der Waals surface area (Å²) in [5, 5.41) is 3.45. The van der Waals surface area contributed by atoms with Gasteiger partial charge in [-0.1, -0.05) is 20.8 Å². The van der Waals surface area contributed by atoms with Crippen LogP contribution in [0, 0.1) is 0 Å². The van der Waals surface area contributed by atoms with Crippen LogP contribution in [0.15, 0.2) is 18.3 Å². The van der Waals surface area contributed by atoms with Gasteiger partial charge in [0.15, 0.2) is 0 Å². The van der Waals surface area contributed by atoms with Gasteiger partial charge in [0, 0.05) is 25.3 Å². The second kappa shape index (κ2) is 8.09. The van der Waals surface area contributed by atoms with E-state index in [1.807, 2.05) is 6.20 Å². The second-order valence-electron chi connectivity index (χ2n) is 4.71. The van der Waals surface area contributed by atoms with E-state index in [2.05, 4.69) is 55.0 Å². The maximum atomic E-state index is 4.52. The third-order valence-corrected chi connectivity index (χ3v) is 3.09. The molecule has 0 bridgehead atoms. The SMILES string of the molecule is CCCN(CCC)c1cc(C(C)NCC)ccn1. The molecule has 3 heteroatoms. The molecule has 1 atom stereocenters. The van der Waals surface area contributed by atoms with Crippen LogP contribution in [0.25, 0.3) is 0 Å². The van der Waals surface area contributed by atoms with Gasteiger partial charge in [-0.3, -0.25) is 0 Å². The molecule has 1 N–H and O–H groups in total. The fourth-order valence-corrected chi connectivity index (χ4v) is 2.18. The van der Waals surface area contributed by atoms with E-state index in [0.29, 0.717) is 6.04 Å². The van der Waals surface area contributed by atoms with E-state index in [-0.39, 0.29) is 0 Å².